The monoisotopic (exact) mass is 744 g/mol. The molecule has 0 fully saturated rings. The smallest absolute Gasteiger partial charge is 0.343 e. The van der Waals surface area contributed by atoms with Crippen LogP contribution in [0.3, 0.4) is 0 Å². The highest BCUT2D eigenvalue weighted by Gasteiger charge is 2.34. The maximum absolute atomic E-state index is 14.4. The zero-order valence-electron chi connectivity index (χ0n) is 30.3. The average molecular weight is 745 g/mol. The number of carbonyl (C=O) groups is 3. The number of thiazole rings is 1. The number of ether oxygens (including phenoxy) is 7. The molecule has 0 saturated carbocycles. The van der Waals surface area contributed by atoms with E-state index in [9.17, 15) is 19.2 Å². The number of benzene rings is 3. The molecule has 2 heterocycles. The van der Waals surface area contributed by atoms with Gasteiger partial charge in [-0.25, -0.2) is 19.4 Å². The second-order valence-electron chi connectivity index (χ2n) is 11.4. The van der Waals surface area contributed by atoms with Crippen molar-refractivity contribution in [3.63, 3.8) is 0 Å². The Morgan fingerprint density at radius 2 is 1.58 bits per heavy atom. The van der Waals surface area contributed by atoms with E-state index in [4.69, 9.17) is 33.2 Å². The largest absolute Gasteiger partial charge is 0.493 e. The van der Waals surface area contributed by atoms with Crippen molar-refractivity contribution in [2.24, 2.45) is 4.99 Å². The number of methoxy groups -OCH3 is 2. The van der Waals surface area contributed by atoms with Crippen LogP contribution in [0.15, 0.2) is 81.7 Å². The molecule has 0 saturated heterocycles. The van der Waals surface area contributed by atoms with Gasteiger partial charge in [-0.3, -0.25) is 9.36 Å². The predicted octanol–water partition coefficient (Wildman–Crippen LogP) is 4.51. The number of allylic oxidation sites excluding steroid dienone is 1. The van der Waals surface area contributed by atoms with Crippen molar-refractivity contribution < 1.29 is 47.5 Å². The minimum absolute atomic E-state index is 0.116. The lowest BCUT2D eigenvalue weighted by Gasteiger charge is -2.25. The van der Waals surface area contributed by atoms with Gasteiger partial charge in [0.15, 0.2) is 34.4 Å². The minimum atomic E-state index is -0.931. The third-order valence-electron chi connectivity index (χ3n) is 8.04. The molecule has 1 atom stereocenters. The van der Waals surface area contributed by atoms with E-state index < -0.39 is 29.5 Å². The van der Waals surface area contributed by atoms with Gasteiger partial charge in [0.2, 0.25) is 0 Å². The molecule has 1 aromatic heterocycles. The number of fused-ring (bicyclic) bond motifs is 1. The van der Waals surface area contributed by atoms with Gasteiger partial charge in [-0.1, -0.05) is 41.7 Å². The van der Waals surface area contributed by atoms with E-state index in [0.29, 0.717) is 49.0 Å². The van der Waals surface area contributed by atoms with Gasteiger partial charge in [0, 0.05) is 5.56 Å². The Morgan fingerprint density at radius 1 is 0.849 bits per heavy atom. The molecule has 0 radical (unpaired) electrons. The summed E-state index contributed by atoms with van der Waals surface area (Å²) < 4.78 is 40.4. The number of nitrogens with zero attached hydrogens (tertiary/aromatic N) is 2. The van der Waals surface area contributed by atoms with Crippen molar-refractivity contribution in [3.05, 3.63) is 114 Å². The van der Waals surface area contributed by atoms with Crippen molar-refractivity contribution in [3.8, 4) is 23.0 Å². The molecule has 0 N–H and O–H groups in total. The van der Waals surface area contributed by atoms with Gasteiger partial charge in [-0.2, -0.15) is 0 Å². The van der Waals surface area contributed by atoms with Crippen LogP contribution in [0.4, 0.5) is 0 Å². The highest BCUT2D eigenvalue weighted by molar-refractivity contribution is 7.07. The molecular weight excluding hydrogens is 704 g/mol. The van der Waals surface area contributed by atoms with Gasteiger partial charge in [-0.15, -0.1) is 0 Å². The first-order chi connectivity index (χ1) is 25.6. The van der Waals surface area contributed by atoms with Crippen molar-refractivity contribution in [2.45, 2.75) is 40.3 Å². The molecule has 5 rings (SSSR count). The first-order valence-corrected chi connectivity index (χ1v) is 17.7. The van der Waals surface area contributed by atoms with Crippen LogP contribution >= 0.6 is 11.3 Å². The second kappa shape index (κ2) is 17.6. The summed E-state index contributed by atoms with van der Waals surface area (Å²) in [4.78, 5) is 56.8. The summed E-state index contributed by atoms with van der Waals surface area (Å²) in [6.45, 7) is 7.43. The van der Waals surface area contributed by atoms with Crippen LogP contribution in [-0.2, 0) is 30.4 Å². The Labute approximate surface area is 309 Å². The maximum atomic E-state index is 14.4. The molecule has 53 heavy (non-hydrogen) atoms. The van der Waals surface area contributed by atoms with E-state index in [2.05, 4.69) is 4.99 Å². The Morgan fingerprint density at radius 3 is 2.26 bits per heavy atom. The van der Waals surface area contributed by atoms with Crippen molar-refractivity contribution in [1.82, 2.24) is 4.57 Å². The number of carbonyl (C=O) groups excluding carboxylic acids is 3. The van der Waals surface area contributed by atoms with E-state index in [1.807, 2.05) is 0 Å². The molecule has 1 aliphatic heterocycles. The van der Waals surface area contributed by atoms with Gasteiger partial charge in [0.05, 0.1) is 61.4 Å². The van der Waals surface area contributed by atoms with Crippen LogP contribution < -0.4 is 33.8 Å². The molecule has 0 amide bonds. The Bertz CT molecular complexity index is 2200. The first-order valence-electron chi connectivity index (χ1n) is 16.9. The molecule has 13 nitrogen and oxygen atoms in total. The number of rotatable bonds is 15. The molecule has 0 spiro atoms. The number of hydrogen-bond donors (Lipinski definition) is 0. The normalized spacial score (nSPS) is 13.8. The van der Waals surface area contributed by atoms with Crippen LogP contribution in [0, 0.1) is 0 Å². The summed E-state index contributed by atoms with van der Waals surface area (Å²) in [5, 5.41) is 0. The van der Waals surface area contributed by atoms with Crippen molar-refractivity contribution in [2.75, 3.05) is 40.6 Å². The fourth-order valence-electron chi connectivity index (χ4n) is 5.59. The Balaban J connectivity index is 1.58. The van der Waals surface area contributed by atoms with E-state index in [-0.39, 0.29) is 44.4 Å². The molecule has 4 aromatic rings. The van der Waals surface area contributed by atoms with Crippen molar-refractivity contribution in [1.29, 1.82) is 0 Å². The summed E-state index contributed by atoms with van der Waals surface area (Å²) in [6, 6.07) is 16.3. The zero-order valence-corrected chi connectivity index (χ0v) is 31.1. The Kier molecular flexibility index (Phi) is 12.7. The van der Waals surface area contributed by atoms with Crippen molar-refractivity contribution >= 4 is 35.3 Å². The molecule has 14 heteroatoms. The quantitative estimate of drug-likeness (QED) is 0.125. The number of esters is 3. The summed E-state index contributed by atoms with van der Waals surface area (Å²) >= 11 is 1.16. The highest BCUT2D eigenvalue weighted by Crippen LogP contribution is 2.37. The molecule has 0 aliphatic carbocycles. The molecule has 278 valence electrons. The maximum Gasteiger partial charge on any atom is 0.343 e. The molecule has 0 bridgehead atoms. The van der Waals surface area contributed by atoms with Crippen LogP contribution in [0.5, 0.6) is 23.0 Å². The van der Waals surface area contributed by atoms with Crippen LogP contribution in [0.1, 0.15) is 60.8 Å². The molecule has 1 aliphatic rings. The third-order valence-corrected chi connectivity index (χ3v) is 9.02. The minimum Gasteiger partial charge on any atom is -0.493 e. The van der Waals surface area contributed by atoms with Gasteiger partial charge in [-0.05, 0) is 75.2 Å². The standard InChI is InChI=1S/C39H40N2O11S/c1-7-48-30-19-26(17-18-28(30)51-22-32(42)47-6)34-33(38(45)50-9-3)23(4)40-39-41(34)36(43)31(53-39)20-27-11-10-12-29(46-5)35(27)52-21-24-13-15-25(16-14-24)37(44)49-8-2/h10-20,34H,7-9,21-22H2,1-6H3/b31-20+/t34-/m1/s1. The van der Waals surface area contributed by atoms with E-state index in [0.717, 1.165) is 16.9 Å². The van der Waals surface area contributed by atoms with Crippen LogP contribution in [-0.4, -0.2) is 63.1 Å². The number of hydrogen-bond acceptors (Lipinski definition) is 13. The van der Waals surface area contributed by atoms with Gasteiger partial charge in [0.25, 0.3) is 5.56 Å². The molecule has 3 aromatic carbocycles. The van der Waals surface area contributed by atoms with Gasteiger partial charge >= 0.3 is 17.9 Å². The summed E-state index contributed by atoms with van der Waals surface area (Å²) in [5.74, 6) is -0.145. The fourth-order valence-corrected chi connectivity index (χ4v) is 6.63. The summed E-state index contributed by atoms with van der Waals surface area (Å²) in [5.41, 5.74) is 2.51. The number of para-hydroxylation sites is 1. The zero-order chi connectivity index (χ0) is 38.1. The first kappa shape index (κ1) is 38.3. The molecular formula is C39H40N2O11S. The SMILES string of the molecule is CCOC(=O)C1=C(C)N=c2s/c(=C/c3cccc(OC)c3OCc3ccc(C(=O)OCC)cc3)c(=O)n2[C@@H]1c1ccc(OCC(=O)OC)c(OCC)c1. The highest BCUT2D eigenvalue weighted by atomic mass is 32.1. The third kappa shape index (κ3) is 8.60. The molecule has 0 unspecified atom stereocenters. The van der Waals surface area contributed by atoms with Crippen LogP contribution in [0.25, 0.3) is 6.08 Å². The second-order valence-corrected chi connectivity index (χ2v) is 12.4. The van der Waals surface area contributed by atoms with Gasteiger partial charge in [0.1, 0.15) is 6.61 Å². The average Bonchev–Trinajstić information content (AvgIpc) is 3.46. The Hall–Kier alpha value is -5.89. The lowest BCUT2D eigenvalue weighted by atomic mass is 9.95. The van der Waals surface area contributed by atoms with E-state index in [1.54, 1.807) is 94.4 Å². The predicted molar refractivity (Wildman–Crippen MR) is 195 cm³/mol. The lowest BCUT2D eigenvalue weighted by molar-refractivity contribution is -0.143. The van der Waals surface area contributed by atoms with Crippen LogP contribution in [0.2, 0.25) is 0 Å². The van der Waals surface area contributed by atoms with E-state index >= 15 is 0 Å². The summed E-state index contributed by atoms with van der Waals surface area (Å²) in [6.07, 6.45) is 1.70. The van der Waals surface area contributed by atoms with E-state index in [1.165, 1.54) is 18.8 Å². The number of aromatic nitrogens is 1. The lowest BCUT2D eigenvalue weighted by Crippen LogP contribution is -2.40. The van der Waals surface area contributed by atoms with Gasteiger partial charge < -0.3 is 33.2 Å². The fraction of sp³-hybridized carbons (Fsp3) is 0.308. The topological polar surface area (TPSA) is 150 Å². The summed E-state index contributed by atoms with van der Waals surface area (Å²) in [7, 11) is 2.79.